The van der Waals surface area contributed by atoms with Gasteiger partial charge in [-0.1, -0.05) is 170 Å². The third kappa shape index (κ3) is 5.43. The van der Waals surface area contributed by atoms with Gasteiger partial charge in [-0.25, -0.2) is 9.97 Å². The quantitative estimate of drug-likeness (QED) is 0.171. The molecule has 0 aliphatic heterocycles. The van der Waals surface area contributed by atoms with Gasteiger partial charge in [-0.15, -0.1) is 0 Å². The number of hydrogen-bond donors (Lipinski definition) is 0. The van der Waals surface area contributed by atoms with E-state index in [1.165, 1.54) is 27.8 Å². The van der Waals surface area contributed by atoms with Gasteiger partial charge in [0.15, 0.2) is 5.82 Å². The van der Waals surface area contributed by atoms with Gasteiger partial charge in [0.1, 0.15) is 11.2 Å². The van der Waals surface area contributed by atoms with Gasteiger partial charge in [-0.3, -0.25) is 0 Å². The summed E-state index contributed by atoms with van der Waals surface area (Å²) in [7, 11) is 0. The Labute approximate surface area is 331 Å². The summed E-state index contributed by atoms with van der Waals surface area (Å²) in [6, 6.07) is 71.1. The van der Waals surface area contributed by atoms with Crippen molar-refractivity contribution in [2.24, 2.45) is 0 Å². The van der Waals surface area contributed by atoms with Crippen LogP contribution < -0.4 is 0 Å². The SMILES string of the molecule is CC1(c2ccc(-c3cccc(-c4cc(-c5ccccc5-c5ccc6oc7ccccc7c6c5)nc(-c5ccccc5)n4)c3)cc2)c2ccccc2-c2ccccc21. The van der Waals surface area contributed by atoms with Crippen LogP contribution in [-0.2, 0) is 5.41 Å². The third-order valence-corrected chi connectivity index (χ3v) is 11.8. The Morgan fingerprint density at radius 2 is 0.947 bits per heavy atom. The van der Waals surface area contributed by atoms with E-state index in [2.05, 4.69) is 177 Å². The number of furan rings is 1. The van der Waals surface area contributed by atoms with E-state index in [1.54, 1.807) is 0 Å². The molecule has 1 aliphatic rings. The molecule has 0 unspecified atom stereocenters. The minimum absolute atomic E-state index is 0.229. The number of hydrogen-bond acceptors (Lipinski definition) is 3. The van der Waals surface area contributed by atoms with Gasteiger partial charge in [0.2, 0.25) is 0 Å². The lowest BCUT2D eigenvalue weighted by atomic mass is 9.74. The summed E-state index contributed by atoms with van der Waals surface area (Å²) < 4.78 is 6.17. The molecule has 0 fully saturated rings. The molecule has 57 heavy (non-hydrogen) atoms. The number of benzene rings is 8. The molecule has 10 aromatic rings. The van der Waals surface area contributed by atoms with E-state index in [9.17, 15) is 0 Å². The fraction of sp³-hybridized carbons (Fsp3) is 0.0370. The molecular formula is C54H36N2O. The van der Waals surface area contributed by atoms with Gasteiger partial charge >= 0.3 is 0 Å². The van der Waals surface area contributed by atoms with E-state index in [-0.39, 0.29) is 5.41 Å². The molecule has 0 radical (unpaired) electrons. The summed E-state index contributed by atoms with van der Waals surface area (Å²) in [5, 5.41) is 2.21. The zero-order valence-corrected chi connectivity index (χ0v) is 31.4. The summed E-state index contributed by atoms with van der Waals surface area (Å²) in [6.07, 6.45) is 0. The van der Waals surface area contributed by atoms with Crippen molar-refractivity contribution in [2.75, 3.05) is 0 Å². The van der Waals surface area contributed by atoms with Crippen molar-refractivity contribution < 1.29 is 4.42 Å². The monoisotopic (exact) mass is 728 g/mol. The first-order valence-electron chi connectivity index (χ1n) is 19.5. The smallest absolute Gasteiger partial charge is 0.160 e. The molecule has 3 nitrogen and oxygen atoms in total. The van der Waals surface area contributed by atoms with Crippen LogP contribution >= 0.6 is 0 Å². The van der Waals surface area contributed by atoms with Gasteiger partial charge in [0.25, 0.3) is 0 Å². The van der Waals surface area contributed by atoms with Crippen molar-refractivity contribution in [3.8, 4) is 67.3 Å². The molecule has 2 aromatic heterocycles. The van der Waals surface area contributed by atoms with Crippen LogP contribution in [0.1, 0.15) is 23.6 Å². The number of fused-ring (bicyclic) bond motifs is 6. The lowest BCUT2D eigenvalue weighted by molar-refractivity contribution is 0.669. The molecule has 1 aliphatic carbocycles. The molecular weight excluding hydrogens is 693 g/mol. The molecule has 0 spiro atoms. The molecule has 268 valence electrons. The van der Waals surface area contributed by atoms with E-state index < -0.39 is 0 Å². The van der Waals surface area contributed by atoms with Crippen molar-refractivity contribution >= 4 is 21.9 Å². The summed E-state index contributed by atoms with van der Waals surface area (Å²) in [5.41, 5.74) is 17.5. The maximum Gasteiger partial charge on any atom is 0.160 e. The van der Waals surface area contributed by atoms with Gasteiger partial charge in [0, 0.05) is 32.9 Å². The molecule has 8 aromatic carbocycles. The minimum Gasteiger partial charge on any atom is -0.456 e. The van der Waals surface area contributed by atoms with Gasteiger partial charge < -0.3 is 4.42 Å². The van der Waals surface area contributed by atoms with Crippen LogP contribution in [0.15, 0.2) is 205 Å². The first-order chi connectivity index (χ1) is 28.1. The average molecular weight is 729 g/mol. The fourth-order valence-corrected chi connectivity index (χ4v) is 8.92. The molecule has 0 saturated heterocycles. The van der Waals surface area contributed by atoms with Crippen LogP contribution in [0.25, 0.3) is 89.2 Å². The van der Waals surface area contributed by atoms with E-state index in [0.29, 0.717) is 5.82 Å². The molecule has 0 atom stereocenters. The second kappa shape index (κ2) is 13.1. The molecule has 0 saturated carbocycles. The van der Waals surface area contributed by atoms with Crippen molar-refractivity contribution in [3.05, 3.63) is 217 Å². The fourth-order valence-electron chi connectivity index (χ4n) is 8.92. The van der Waals surface area contributed by atoms with E-state index in [4.69, 9.17) is 14.4 Å². The Morgan fingerprint density at radius 1 is 0.368 bits per heavy atom. The number of nitrogens with zero attached hydrogens (tertiary/aromatic N) is 2. The van der Waals surface area contributed by atoms with E-state index in [1.807, 2.05) is 30.3 Å². The molecule has 0 amide bonds. The normalized spacial score (nSPS) is 12.8. The Morgan fingerprint density at radius 3 is 1.72 bits per heavy atom. The Bertz CT molecular complexity index is 3090. The van der Waals surface area contributed by atoms with Crippen LogP contribution in [0.3, 0.4) is 0 Å². The number of para-hydroxylation sites is 1. The van der Waals surface area contributed by atoms with Crippen LogP contribution in [0.2, 0.25) is 0 Å². The molecule has 3 heteroatoms. The second-order valence-electron chi connectivity index (χ2n) is 15.1. The first kappa shape index (κ1) is 33.0. The Balaban J connectivity index is 0.999. The zero-order chi connectivity index (χ0) is 37.9. The standard InChI is InChI=1S/C54H36N2O/c1-54(47-23-10-7-19-42(47)43-20-8-11-24-48(43)54)40-29-26-35(27-30-40)37-16-13-17-39(32-37)49-34-50(56-53(55-49)36-14-3-2-4-15-36)44-21-6-5-18-41(44)38-28-31-52-46(33-38)45-22-9-12-25-51(45)57-52/h2-34H,1H3. The largest absolute Gasteiger partial charge is 0.456 e. The van der Waals surface area contributed by atoms with Crippen molar-refractivity contribution in [1.82, 2.24) is 9.97 Å². The van der Waals surface area contributed by atoms with E-state index in [0.717, 1.165) is 72.3 Å². The minimum atomic E-state index is -0.229. The maximum atomic E-state index is 6.17. The summed E-state index contributed by atoms with van der Waals surface area (Å²) in [6.45, 7) is 2.36. The first-order valence-corrected chi connectivity index (χ1v) is 19.5. The highest BCUT2D eigenvalue weighted by molar-refractivity contribution is 6.06. The zero-order valence-electron chi connectivity index (χ0n) is 31.4. The van der Waals surface area contributed by atoms with Crippen molar-refractivity contribution in [2.45, 2.75) is 12.3 Å². The predicted molar refractivity (Wildman–Crippen MR) is 234 cm³/mol. The second-order valence-corrected chi connectivity index (χ2v) is 15.1. The summed E-state index contributed by atoms with van der Waals surface area (Å²) >= 11 is 0. The Hall–Kier alpha value is -7.36. The van der Waals surface area contributed by atoms with Crippen LogP contribution in [0.5, 0.6) is 0 Å². The molecule has 2 heterocycles. The third-order valence-electron chi connectivity index (χ3n) is 11.8. The van der Waals surface area contributed by atoms with Gasteiger partial charge in [0.05, 0.1) is 11.4 Å². The number of aromatic nitrogens is 2. The average Bonchev–Trinajstić information content (AvgIpc) is 3.79. The lowest BCUT2D eigenvalue weighted by Gasteiger charge is -2.28. The van der Waals surface area contributed by atoms with Gasteiger partial charge in [-0.05, 0) is 87.3 Å². The highest BCUT2D eigenvalue weighted by atomic mass is 16.3. The topological polar surface area (TPSA) is 38.9 Å². The van der Waals surface area contributed by atoms with Crippen LogP contribution in [-0.4, -0.2) is 9.97 Å². The Kier molecular flexibility index (Phi) is 7.61. The summed E-state index contributed by atoms with van der Waals surface area (Å²) in [5.74, 6) is 0.689. The predicted octanol–water partition coefficient (Wildman–Crippen LogP) is 14.0. The van der Waals surface area contributed by atoms with Crippen LogP contribution in [0, 0.1) is 0 Å². The number of rotatable bonds is 6. The van der Waals surface area contributed by atoms with E-state index >= 15 is 0 Å². The molecule has 0 bridgehead atoms. The van der Waals surface area contributed by atoms with Crippen LogP contribution in [0.4, 0.5) is 0 Å². The van der Waals surface area contributed by atoms with Crippen molar-refractivity contribution in [3.63, 3.8) is 0 Å². The molecule has 0 N–H and O–H groups in total. The highest BCUT2D eigenvalue weighted by Gasteiger charge is 2.40. The molecule has 11 rings (SSSR count). The highest BCUT2D eigenvalue weighted by Crippen LogP contribution is 2.52. The summed E-state index contributed by atoms with van der Waals surface area (Å²) in [4.78, 5) is 10.4. The lowest BCUT2D eigenvalue weighted by Crippen LogP contribution is -2.22. The van der Waals surface area contributed by atoms with Crippen molar-refractivity contribution in [1.29, 1.82) is 0 Å². The van der Waals surface area contributed by atoms with Gasteiger partial charge in [-0.2, -0.15) is 0 Å². The maximum absolute atomic E-state index is 6.17.